The van der Waals surface area contributed by atoms with Gasteiger partial charge in [0.25, 0.3) is 0 Å². The molecule has 0 amide bonds. The Hall–Kier alpha value is -0.380. The first-order valence-corrected chi connectivity index (χ1v) is 3.71. The second-order valence-electron chi connectivity index (χ2n) is 2.27. The van der Waals surface area contributed by atoms with Crippen LogP contribution in [-0.4, -0.2) is 31.2 Å². The minimum absolute atomic E-state index is 0.405. The van der Waals surface area contributed by atoms with Gasteiger partial charge in [-0.1, -0.05) is 6.58 Å². The molecule has 0 aromatic rings. The van der Waals surface area contributed by atoms with E-state index in [-0.39, 0.29) is 0 Å². The van der Waals surface area contributed by atoms with Crippen LogP contribution in [0.15, 0.2) is 12.2 Å². The molecular weight excluding hydrogens is 144 g/mol. The van der Waals surface area contributed by atoms with Crippen molar-refractivity contribution in [2.24, 2.45) is 0 Å². The maximum absolute atomic E-state index is 9.05. The molecule has 3 heteroatoms. The molecule has 0 rings (SSSR count). The van der Waals surface area contributed by atoms with Crippen LogP contribution in [0.25, 0.3) is 0 Å². The number of aliphatic hydroxyl groups is 1. The van der Waals surface area contributed by atoms with Crippen molar-refractivity contribution in [3.8, 4) is 0 Å². The summed E-state index contributed by atoms with van der Waals surface area (Å²) < 4.78 is 9.93. The maximum Gasteiger partial charge on any atom is 0.176 e. The molecular formula is C8H16O3. The predicted molar refractivity (Wildman–Crippen MR) is 43.3 cm³/mol. The van der Waals surface area contributed by atoms with Gasteiger partial charge < -0.3 is 14.6 Å². The van der Waals surface area contributed by atoms with Crippen molar-refractivity contribution in [2.75, 3.05) is 19.8 Å². The van der Waals surface area contributed by atoms with E-state index in [1.807, 2.05) is 6.92 Å². The smallest absolute Gasteiger partial charge is 0.176 e. The zero-order chi connectivity index (χ0) is 8.69. The topological polar surface area (TPSA) is 38.7 Å². The molecule has 1 unspecified atom stereocenters. The van der Waals surface area contributed by atoms with Crippen molar-refractivity contribution < 1.29 is 14.6 Å². The zero-order valence-corrected chi connectivity index (χ0v) is 7.17. The minimum Gasteiger partial charge on any atom is -0.379 e. The highest BCUT2D eigenvalue weighted by molar-refractivity contribution is 4.91. The lowest BCUT2D eigenvalue weighted by atomic mass is 10.3. The molecule has 1 N–H and O–H groups in total. The lowest BCUT2D eigenvalue weighted by molar-refractivity contribution is -0.0869. The molecule has 0 aromatic carbocycles. The summed E-state index contributed by atoms with van der Waals surface area (Å²) in [6, 6.07) is 0. The Labute approximate surface area is 67.6 Å². The summed E-state index contributed by atoms with van der Waals surface area (Å²) in [5.41, 5.74) is 0.612. The summed E-state index contributed by atoms with van der Waals surface area (Å²) in [5.74, 6) is 0. The van der Waals surface area contributed by atoms with E-state index in [9.17, 15) is 0 Å². The SMILES string of the molecule is C=C(C)C(O)OCCOCC. The van der Waals surface area contributed by atoms with E-state index in [2.05, 4.69) is 6.58 Å². The number of hydrogen-bond acceptors (Lipinski definition) is 3. The van der Waals surface area contributed by atoms with Gasteiger partial charge in [0.1, 0.15) is 0 Å². The van der Waals surface area contributed by atoms with E-state index in [1.54, 1.807) is 6.92 Å². The molecule has 1 atom stereocenters. The average molecular weight is 160 g/mol. The fraction of sp³-hybridized carbons (Fsp3) is 0.750. The largest absolute Gasteiger partial charge is 0.379 e. The highest BCUT2D eigenvalue weighted by Crippen LogP contribution is 1.98. The summed E-state index contributed by atoms with van der Waals surface area (Å²) >= 11 is 0. The Balaban J connectivity index is 3.17. The molecule has 66 valence electrons. The van der Waals surface area contributed by atoms with Crippen LogP contribution in [0.2, 0.25) is 0 Å². The van der Waals surface area contributed by atoms with Gasteiger partial charge in [0.05, 0.1) is 13.2 Å². The fourth-order valence-corrected chi connectivity index (χ4v) is 0.505. The Morgan fingerprint density at radius 2 is 2.18 bits per heavy atom. The summed E-state index contributed by atoms with van der Waals surface area (Å²) in [6.45, 7) is 8.76. The van der Waals surface area contributed by atoms with Crippen LogP contribution < -0.4 is 0 Å². The number of hydrogen-bond donors (Lipinski definition) is 1. The molecule has 0 bridgehead atoms. The molecule has 0 radical (unpaired) electrons. The van der Waals surface area contributed by atoms with Crippen molar-refractivity contribution in [3.05, 3.63) is 12.2 Å². The third kappa shape index (κ3) is 6.04. The molecule has 0 aliphatic carbocycles. The molecule has 0 aliphatic heterocycles. The van der Waals surface area contributed by atoms with Crippen molar-refractivity contribution in [1.29, 1.82) is 0 Å². The lowest BCUT2D eigenvalue weighted by Crippen LogP contribution is -2.16. The molecule has 0 spiro atoms. The van der Waals surface area contributed by atoms with Gasteiger partial charge in [0.15, 0.2) is 6.29 Å². The Morgan fingerprint density at radius 1 is 1.55 bits per heavy atom. The molecule has 0 saturated carbocycles. The van der Waals surface area contributed by atoms with E-state index >= 15 is 0 Å². The average Bonchev–Trinajstić information content (AvgIpc) is 1.97. The van der Waals surface area contributed by atoms with E-state index < -0.39 is 6.29 Å². The van der Waals surface area contributed by atoms with Crippen LogP contribution in [0.1, 0.15) is 13.8 Å². The van der Waals surface area contributed by atoms with Crippen LogP contribution in [0, 0.1) is 0 Å². The second kappa shape index (κ2) is 6.34. The number of aliphatic hydroxyl groups excluding tert-OH is 1. The van der Waals surface area contributed by atoms with Gasteiger partial charge in [-0.25, -0.2) is 0 Å². The van der Waals surface area contributed by atoms with E-state index in [0.717, 1.165) is 0 Å². The van der Waals surface area contributed by atoms with Crippen LogP contribution >= 0.6 is 0 Å². The first-order valence-electron chi connectivity index (χ1n) is 3.71. The highest BCUT2D eigenvalue weighted by atomic mass is 16.6. The van der Waals surface area contributed by atoms with Crippen molar-refractivity contribution in [2.45, 2.75) is 20.1 Å². The first-order chi connectivity index (χ1) is 5.18. The van der Waals surface area contributed by atoms with Gasteiger partial charge in [0, 0.05) is 6.61 Å². The van der Waals surface area contributed by atoms with Gasteiger partial charge >= 0.3 is 0 Å². The van der Waals surface area contributed by atoms with Crippen molar-refractivity contribution in [1.82, 2.24) is 0 Å². The Bertz CT molecular complexity index is 112. The summed E-state index contributed by atoms with van der Waals surface area (Å²) in [7, 11) is 0. The maximum atomic E-state index is 9.05. The van der Waals surface area contributed by atoms with Crippen LogP contribution in [0.5, 0.6) is 0 Å². The summed E-state index contributed by atoms with van der Waals surface area (Å²) in [5, 5.41) is 9.05. The summed E-state index contributed by atoms with van der Waals surface area (Å²) in [6.07, 6.45) is -0.851. The van der Waals surface area contributed by atoms with Crippen molar-refractivity contribution >= 4 is 0 Å². The first kappa shape index (κ1) is 10.6. The van der Waals surface area contributed by atoms with E-state index in [4.69, 9.17) is 14.6 Å². The van der Waals surface area contributed by atoms with Gasteiger partial charge in [-0.05, 0) is 19.4 Å². The Kier molecular flexibility index (Phi) is 6.12. The normalized spacial score (nSPS) is 13.0. The monoisotopic (exact) mass is 160 g/mol. The van der Waals surface area contributed by atoms with Crippen LogP contribution in [0.3, 0.4) is 0 Å². The van der Waals surface area contributed by atoms with Crippen LogP contribution in [-0.2, 0) is 9.47 Å². The van der Waals surface area contributed by atoms with Gasteiger partial charge in [-0.15, -0.1) is 0 Å². The molecule has 11 heavy (non-hydrogen) atoms. The second-order valence-corrected chi connectivity index (χ2v) is 2.27. The standard InChI is InChI=1S/C8H16O3/c1-4-10-5-6-11-8(9)7(2)3/h8-9H,2,4-6H2,1,3H3. The quantitative estimate of drug-likeness (QED) is 0.357. The summed E-state index contributed by atoms with van der Waals surface area (Å²) in [4.78, 5) is 0. The minimum atomic E-state index is -0.851. The third-order valence-corrected chi connectivity index (χ3v) is 1.13. The molecule has 0 aromatic heterocycles. The molecule has 0 fully saturated rings. The lowest BCUT2D eigenvalue weighted by Gasteiger charge is -2.10. The van der Waals surface area contributed by atoms with E-state index in [1.165, 1.54) is 0 Å². The van der Waals surface area contributed by atoms with Gasteiger partial charge in [-0.2, -0.15) is 0 Å². The van der Waals surface area contributed by atoms with E-state index in [0.29, 0.717) is 25.4 Å². The predicted octanol–water partition coefficient (Wildman–Crippen LogP) is 0.934. The number of ether oxygens (including phenoxy) is 2. The molecule has 3 nitrogen and oxygen atoms in total. The van der Waals surface area contributed by atoms with Gasteiger partial charge in [0.2, 0.25) is 0 Å². The number of rotatable bonds is 6. The molecule has 0 aliphatic rings. The molecule has 0 heterocycles. The van der Waals surface area contributed by atoms with Crippen molar-refractivity contribution in [3.63, 3.8) is 0 Å². The fourth-order valence-electron chi connectivity index (χ4n) is 0.505. The zero-order valence-electron chi connectivity index (χ0n) is 7.17. The highest BCUT2D eigenvalue weighted by Gasteiger charge is 2.02. The van der Waals surface area contributed by atoms with Gasteiger partial charge in [-0.3, -0.25) is 0 Å². The van der Waals surface area contributed by atoms with Crippen LogP contribution in [0.4, 0.5) is 0 Å². The third-order valence-electron chi connectivity index (χ3n) is 1.13. The molecule has 0 saturated heterocycles. The Morgan fingerprint density at radius 3 is 2.64 bits per heavy atom.